The number of ether oxygens (including phenoxy) is 1. The van der Waals surface area contributed by atoms with Crippen LogP contribution < -0.4 is 15.0 Å². The van der Waals surface area contributed by atoms with E-state index in [1.165, 1.54) is 6.92 Å². The standard InChI is InChI=1S/C16H25N5O3/c1-4-20(5-2)15-16(18-8-7-17-15)24-13-6-9-21(11-13)14(23)10-19-12(3)22/h7-8,13H,4-6,9-11H2,1-3H3,(H,19,22). The molecule has 1 aliphatic rings. The third-order valence-electron chi connectivity index (χ3n) is 3.97. The first-order chi connectivity index (χ1) is 11.5. The van der Waals surface area contributed by atoms with E-state index < -0.39 is 0 Å². The molecule has 2 amide bonds. The van der Waals surface area contributed by atoms with Crippen LogP contribution in [-0.2, 0) is 9.59 Å². The van der Waals surface area contributed by atoms with Crippen molar-refractivity contribution in [2.45, 2.75) is 33.3 Å². The highest BCUT2D eigenvalue weighted by Crippen LogP contribution is 2.25. The number of hydrogen-bond donors (Lipinski definition) is 1. The van der Waals surface area contributed by atoms with Crippen molar-refractivity contribution in [1.29, 1.82) is 0 Å². The SMILES string of the molecule is CCN(CC)c1nccnc1OC1CCN(C(=O)CNC(C)=O)C1. The van der Waals surface area contributed by atoms with E-state index in [4.69, 9.17) is 4.74 Å². The Bertz CT molecular complexity index is 577. The number of likely N-dealkylation sites (tertiary alicyclic amines) is 1. The molecular formula is C16H25N5O3. The molecule has 1 aromatic heterocycles. The summed E-state index contributed by atoms with van der Waals surface area (Å²) in [6.45, 7) is 8.27. The Morgan fingerprint density at radius 3 is 2.71 bits per heavy atom. The van der Waals surface area contributed by atoms with Crippen molar-refractivity contribution in [3.8, 4) is 5.88 Å². The molecule has 24 heavy (non-hydrogen) atoms. The van der Waals surface area contributed by atoms with Gasteiger partial charge in [0.1, 0.15) is 6.10 Å². The average molecular weight is 335 g/mol. The Morgan fingerprint density at radius 2 is 2.04 bits per heavy atom. The van der Waals surface area contributed by atoms with Gasteiger partial charge in [-0.1, -0.05) is 0 Å². The van der Waals surface area contributed by atoms with Gasteiger partial charge in [0.15, 0.2) is 5.82 Å². The molecule has 1 atom stereocenters. The van der Waals surface area contributed by atoms with Crippen LogP contribution in [0.15, 0.2) is 12.4 Å². The molecule has 8 nitrogen and oxygen atoms in total. The molecule has 8 heteroatoms. The summed E-state index contributed by atoms with van der Waals surface area (Å²) in [4.78, 5) is 35.4. The molecule has 2 heterocycles. The molecule has 0 bridgehead atoms. The molecular weight excluding hydrogens is 310 g/mol. The fourth-order valence-corrected chi connectivity index (χ4v) is 2.66. The van der Waals surface area contributed by atoms with Crippen LogP contribution in [0.25, 0.3) is 0 Å². The molecule has 1 saturated heterocycles. The Balaban J connectivity index is 1.96. The number of carbonyl (C=O) groups excluding carboxylic acids is 2. The molecule has 1 fully saturated rings. The van der Waals surface area contributed by atoms with Crippen LogP contribution in [0.3, 0.4) is 0 Å². The zero-order valence-corrected chi connectivity index (χ0v) is 14.5. The minimum Gasteiger partial charge on any atom is -0.470 e. The summed E-state index contributed by atoms with van der Waals surface area (Å²) in [7, 11) is 0. The highest BCUT2D eigenvalue weighted by Gasteiger charge is 2.29. The first kappa shape index (κ1) is 18.0. The molecule has 1 unspecified atom stereocenters. The molecule has 0 radical (unpaired) electrons. The highest BCUT2D eigenvalue weighted by atomic mass is 16.5. The molecule has 2 rings (SSSR count). The van der Waals surface area contributed by atoms with E-state index in [2.05, 4.69) is 34.0 Å². The van der Waals surface area contributed by atoms with Crippen LogP contribution >= 0.6 is 0 Å². The summed E-state index contributed by atoms with van der Waals surface area (Å²) >= 11 is 0. The maximum absolute atomic E-state index is 12.0. The second-order valence-electron chi connectivity index (χ2n) is 5.64. The highest BCUT2D eigenvalue weighted by molar-refractivity contribution is 5.83. The number of aromatic nitrogens is 2. The summed E-state index contributed by atoms with van der Waals surface area (Å²) in [5, 5.41) is 2.53. The monoisotopic (exact) mass is 335 g/mol. The van der Waals surface area contributed by atoms with Crippen LogP contribution in [0.4, 0.5) is 5.82 Å². The van der Waals surface area contributed by atoms with Crippen molar-refractivity contribution in [1.82, 2.24) is 20.2 Å². The fraction of sp³-hybridized carbons (Fsp3) is 0.625. The predicted molar refractivity (Wildman–Crippen MR) is 89.9 cm³/mol. The van der Waals surface area contributed by atoms with E-state index in [0.717, 1.165) is 25.3 Å². The predicted octanol–water partition coefficient (Wildman–Crippen LogP) is 0.439. The summed E-state index contributed by atoms with van der Waals surface area (Å²) < 4.78 is 6.00. The van der Waals surface area contributed by atoms with Gasteiger partial charge in [-0.05, 0) is 13.8 Å². The Hall–Kier alpha value is -2.38. The number of anilines is 1. The van der Waals surface area contributed by atoms with Crippen LogP contribution in [0, 0.1) is 0 Å². The largest absolute Gasteiger partial charge is 0.470 e. The van der Waals surface area contributed by atoms with Crippen molar-refractivity contribution < 1.29 is 14.3 Å². The van der Waals surface area contributed by atoms with E-state index >= 15 is 0 Å². The second kappa shape index (κ2) is 8.47. The quantitative estimate of drug-likeness (QED) is 0.778. The lowest BCUT2D eigenvalue weighted by molar-refractivity contribution is -0.131. The van der Waals surface area contributed by atoms with E-state index in [0.29, 0.717) is 19.0 Å². The maximum atomic E-state index is 12.0. The van der Waals surface area contributed by atoms with Gasteiger partial charge in [-0.15, -0.1) is 0 Å². The van der Waals surface area contributed by atoms with Gasteiger partial charge in [0.05, 0.1) is 13.1 Å². The van der Waals surface area contributed by atoms with Gasteiger partial charge in [0, 0.05) is 45.4 Å². The average Bonchev–Trinajstić information content (AvgIpc) is 3.04. The van der Waals surface area contributed by atoms with Gasteiger partial charge in [0.2, 0.25) is 11.8 Å². The van der Waals surface area contributed by atoms with Gasteiger partial charge in [-0.3, -0.25) is 9.59 Å². The summed E-state index contributed by atoms with van der Waals surface area (Å²) in [6, 6.07) is 0. The van der Waals surface area contributed by atoms with Gasteiger partial charge < -0.3 is 19.9 Å². The number of nitrogens with one attached hydrogen (secondary N) is 1. The van der Waals surface area contributed by atoms with Crippen molar-refractivity contribution >= 4 is 17.6 Å². The third kappa shape index (κ3) is 4.56. The molecule has 132 valence electrons. The summed E-state index contributed by atoms with van der Waals surface area (Å²) in [6.07, 6.45) is 3.88. The van der Waals surface area contributed by atoms with Crippen LogP contribution in [-0.4, -0.2) is 65.5 Å². The number of rotatable bonds is 7. The second-order valence-corrected chi connectivity index (χ2v) is 5.64. The molecule has 1 N–H and O–H groups in total. The number of hydrogen-bond acceptors (Lipinski definition) is 6. The molecule has 1 aromatic rings. The summed E-state index contributed by atoms with van der Waals surface area (Å²) in [5.74, 6) is 0.922. The zero-order valence-electron chi connectivity index (χ0n) is 14.5. The molecule has 0 aliphatic carbocycles. The molecule has 0 saturated carbocycles. The smallest absolute Gasteiger partial charge is 0.257 e. The number of nitrogens with zero attached hydrogens (tertiary/aromatic N) is 4. The van der Waals surface area contributed by atoms with E-state index in [-0.39, 0.29) is 24.5 Å². The minimum atomic E-state index is -0.209. The lowest BCUT2D eigenvalue weighted by Crippen LogP contribution is -2.39. The Morgan fingerprint density at radius 1 is 1.33 bits per heavy atom. The zero-order chi connectivity index (χ0) is 17.5. The maximum Gasteiger partial charge on any atom is 0.257 e. The fourth-order valence-electron chi connectivity index (χ4n) is 2.66. The minimum absolute atomic E-state index is 0.0257. The van der Waals surface area contributed by atoms with Crippen molar-refractivity contribution in [3.05, 3.63) is 12.4 Å². The third-order valence-corrected chi connectivity index (χ3v) is 3.97. The van der Waals surface area contributed by atoms with Crippen LogP contribution in [0.2, 0.25) is 0 Å². The van der Waals surface area contributed by atoms with Gasteiger partial charge in [0.25, 0.3) is 5.88 Å². The van der Waals surface area contributed by atoms with Gasteiger partial charge in [-0.25, -0.2) is 9.97 Å². The number of carbonyl (C=O) groups is 2. The van der Waals surface area contributed by atoms with Gasteiger partial charge in [-0.2, -0.15) is 0 Å². The first-order valence-corrected chi connectivity index (χ1v) is 8.29. The van der Waals surface area contributed by atoms with E-state index in [9.17, 15) is 9.59 Å². The van der Waals surface area contributed by atoms with Crippen molar-refractivity contribution in [3.63, 3.8) is 0 Å². The Labute approximate surface area is 142 Å². The first-order valence-electron chi connectivity index (χ1n) is 8.29. The van der Waals surface area contributed by atoms with Crippen LogP contribution in [0.1, 0.15) is 27.2 Å². The van der Waals surface area contributed by atoms with Crippen molar-refractivity contribution in [2.75, 3.05) is 37.6 Å². The number of amides is 2. The van der Waals surface area contributed by atoms with Gasteiger partial charge >= 0.3 is 0 Å². The Kier molecular flexibility index (Phi) is 6.34. The van der Waals surface area contributed by atoms with Crippen molar-refractivity contribution in [2.24, 2.45) is 0 Å². The summed E-state index contributed by atoms with van der Waals surface area (Å²) in [5.41, 5.74) is 0. The van der Waals surface area contributed by atoms with E-state index in [1.807, 2.05) is 0 Å². The lowest BCUT2D eigenvalue weighted by Gasteiger charge is -2.23. The lowest BCUT2D eigenvalue weighted by atomic mass is 10.3. The molecule has 1 aliphatic heterocycles. The molecule has 0 spiro atoms. The normalized spacial score (nSPS) is 16.8. The van der Waals surface area contributed by atoms with E-state index in [1.54, 1.807) is 17.3 Å². The topological polar surface area (TPSA) is 87.7 Å². The molecule has 0 aromatic carbocycles. The van der Waals surface area contributed by atoms with Crippen LogP contribution in [0.5, 0.6) is 5.88 Å².